The van der Waals surface area contributed by atoms with E-state index in [1.807, 2.05) is 31.4 Å². The second kappa shape index (κ2) is 3.05. The fourth-order valence-electron chi connectivity index (χ4n) is 1.45. The SMILES string of the molecule is COc1ccc2ccc[n+](C)c2c1. The Hall–Kier alpha value is -1.57. The molecular formula is C11H12NO+. The first kappa shape index (κ1) is 8.05. The van der Waals surface area contributed by atoms with E-state index >= 15 is 0 Å². The molecule has 2 aromatic rings. The van der Waals surface area contributed by atoms with Crippen molar-refractivity contribution in [2.75, 3.05) is 7.11 Å². The molecule has 0 amide bonds. The highest BCUT2D eigenvalue weighted by molar-refractivity contribution is 5.76. The number of benzene rings is 1. The van der Waals surface area contributed by atoms with Gasteiger partial charge in [-0.1, -0.05) is 0 Å². The second-order valence-electron chi connectivity index (χ2n) is 3.04. The molecule has 1 aromatic heterocycles. The summed E-state index contributed by atoms with van der Waals surface area (Å²) in [6.45, 7) is 0. The Morgan fingerprint density at radius 1 is 1.23 bits per heavy atom. The van der Waals surface area contributed by atoms with Gasteiger partial charge in [0.05, 0.1) is 13.2 Å². The van der Waals surface area contributed by atoms with Crippen molar-refractivity contribution >= 4 is 10.9 Å². The van der Waals surface area contributed by atoms with Crippen LogP contribution in [0.25, 0.3) is 10.9 Å². The van der Waals surface area contributed by atoms with Crippen LogP contribution in [0.5, 0.6) is 5.75 Å². The lowest BCUT2D eigenvalue weighted by molar-refractivity contribution is -0.644. The third-order valence-corrected chi connectivity index (χ3v) is 2.20. The first-order valence-electron chi connectivity index (χ1n) is 4.23. The number of aromatic nitrogens is 1. The van der Waals surface area contributed by atoms with Crippen molar-refractivity contribution in [3.8, 4) is 5.75 Å². The van der Waals surface area contributed by atoms with Crippen molar-refractivity contribution in [2.45, 2.75) is 0 Å². The van der Waals surface area contributed by atoms with E-state index in [1.54, 1.807) is 7.11 Å². The normalized spacial score (nSPS) is 10.3. The van der Waals surface area contributed by atoms with Crippen LogP contribution in [0.3, 0.4) is 0 Å². The molecule has 0 N–H and O–H groups in total. The van der Waals surface area contributed by atoms with Crippen LogP contribution in [0.1, 0.15) is 0 Å². The van der Waals surface area contributed by atoms with E-state index in [2.05, 4.69) is 16.7 Å². The minimum atomic E-state index is 0.898. The van der Waals surface area contributed by atoms with E-state index in [-0.39, 0.29) is 0 Å². The molecule has 0 spiro atoms. The monoisotopic (exact) mass is 174 g/mol. The molecule has 0 aliphatic heterocycles. The van der Waals surface area contributed by atoms with E-state index in [0.29, 0.717) is 0 Å². The smallest absolute Gasteiger partial charge is 0.215 e. The first-order chi connectivity index (χ1) is 6.31. The molecule has 0 saturated carbocycles. The second-order valence-corrected chi connectivity index (χ2v) is 3.04. The van der Waals surface area contributed by atoms with Gasteiger partial charge in [-0.3, -0.25) is 0 Å². The lowest BCUT2D eigenvalue weighted by Gasteiger charge is -2.00. The van der Waals surface area contributed by atoms with Gasteiger partial charge in [-0.2, -0.15) is 0 Å². The standard InChI is InChI=1S/C11H12NO/c1-12-7-3-4-9-5-6-10(13-2)8-11(9)12/h3-8H,1-2H3/q+1. The van der Waals surface area contributed by atoms with Gasteiger partial charge in [0, 0.05) is 11.5 Å². The fraction of sp³-hybridized carbons (Fsp3) is 0.182. The highest BCUT2D eigenvalue weighted by Gasteiger charge is 2.04. The lowest BCUT2D eigenvalue weighted by Crippen LogP contribution is -2.27. The van der Waals surface area contributed by atoms with Gasteiger partial charge in [0.2, 0.25) is 5.52 Å². The molecule has 66 valence electrons. The van der Waals surface area contributed by atoms with Crippen molar-refractivity contribution in [1.82, 2.24) is 0 Å². The molecule has 2 rings (SSSR count). The van der Waals surface area contributed by atoms with Crippen molar-refractivity contribution in [3.63, 3.8) is 0 Å². The van der Waals surface area contributed by atoms with Gasteiger partial charge >= 0.3 is 0 Å². The van der Waals surface area contributed by atoms with E-state index < -0.39 is 0 Å². The van der Waals surface area contributed by atoms with Crippen LogP contribution in [0.2, 0.25) is 0 Å². The molecule has 0 radical (unpaired) electrons. The topological polar surface area (TPSA) is 13.1 Å². The van der Waals surface area contributed by atoms with Crippen molar-refractivity contribution in [1.29, 1.82) is 0 Å². The molecule has 0 unspecified atom stereocenters. The Morgan fingerprint density at radius 3 is 2.85 bits per heavy atom. The lowest BCUT2D eigenvalue weighted by atomic mass is 10.2. The average molecular weight is 174 g/mol. The molecule has 0 atom stereocenters. The Balaban J connectivity index is 2.74. The summed E-state index contributed by atoms with van der Waals surface area (Å²) in [5, 5.41) is 1.23. The quantitative estimate of drug-likeness (QED) is 0.599. The molecule has 0 aliphatic rings. The number of hydrogen-bond acceptors (Lipinski definition) is 1. The molecule has 2 nitrogen and oxygen atoms in total. The van der Waals surface area contributed by atoms with Gasteiger partial charge in [-0.05, 0) is 18.2 Å². The summed E-state index contributed by atoms with van der Waals surface area (Å²) in [5.41, 5.74) is 1.18. The molecule has 1 aromatic carbocycles. The fourth-order valence-corrected chi connectivity index (χ4v) is 1.45. The Labute approximate surface area is 77.4 Å². The number of rotatable bonds is 1. The Morgan fingerprint density at radius 2 is 2.08 bits per heavy atom. The van der Waals surface area contributed by atoms with E-state index in [4.69, 9.17) is 4.74 Å². The zero-order valence-corrected chi connectivity index (χ0v) is 7.82. The first-order valence-corrected chi connectivity index (χ1v) is 4.23. The zero-order chi connectivity index (χ0) is 9.26. The summed E-state index contributed by atoms with van der Waals surface area (Å²) in [5.74, 6) is 0.898. The van der Waals surface area contributed by atoms with Gasteiger partial charge < -0.3 is 4.74 Å². The van der Waals surface area contributed by atoms with Crippen molar-refractivity contribution < 1.29 is 9.30 Å². The molecule has 2 heteroatoms. The number of methoxy groups -OCH3 is 1. The van der Waals surface area contributed by atoms with Crippen molar-refractivity contribution in [2.24, 2.45) is 7.05 Å². The predicted molar refractivity (Wildman–Crippen MR) is 51.7 cm³/mol. The van der Waals surface area contributed by atoms with E-state index in [9.17, 15) is 0 Å². The maximum absolute atomic E-state index is 5.16. The van der Waals surface area contributed by atoms with Crippen LogP contribution in [0.15, 0.2) is 36.5 Å². The number of aryl methyl sites for hydroxylation is 1. The molecule has 0 bridgehead atoms. The van der Waals surface area contributed by atoms with E-state index in [1.165, 1.54) is 10.9 Å². The largest absolute Gasteiger partial charge is 0.497 e. The van der Waals surface area contributed by atoms with Crippen molar-refractivity contribution in [3.05, 3.63) is 36.5 Å². The highest BCUT2D eigenvalue weighted by Crippen LogP contribution is 2.16. The van der Waals surface area contributed by atoms with Crippen LogP contribution in [-0.4, -0.2) is 7.11 Å². The number of ether oxygens (including phenoxy) is 1. The van der Waals surface area contributed by atoms with Gasteiger partial charge in [0.15, 0.2) is 6.20 Å². The maximum atomic E-state index is 5.16. The zero-order valence-electron chi connectivity index (χ0n) is 7.82. The maximum Gasteiger partial charge on any atom is 0.215 e. The third-order valence-electron chi connectivity index (χ3n) is 2.20. The highest BCUT2D eigenvalue weighted by atomic mass is 16.5. The van der Waals surface area contributed by atoms with E-state index in [0.717, 1.165) is 5.75 Å². The number of nitrogens with zero attached hydrogens (tertiary/aromatic N) is 1. The summed E-state index contributed by atoms with van der Waals surface area (Å²) < 4.78 is 7.25. The van der Waals surface area contributed by atoms with Crippen LogP contribution >= 0.6 is 0 Å². The molecule has 1 heterocycles. The Kier molecular flexibility index (Phi) is 1.89. The summed E-state index contributed by atoms with van der Waals surface area (Å²) in [6.07, 6.45) is 2.03. The van der Waals surface area contributed by atoms with Gasteiger partial charge in [0.1, 0.15) is 12.8 Å². The number of pyridine rings is 1. The molecule has 0 fully saturated rings. The van der Waals surface area contributed by atoms with Crippen LogP contribution in [0, 0.1) is 0 Å². The minimum absolute atomic E-state index is 0.898. The van der Waals surface area contributed by atoms with Crippen LogP contribution in [0.4, 0.5) is 0 Å². The molecular weight excluding hydrogens is 162 g/mol. The number of hydrogen-bond donors (Lipinski definition) is 0. The predicted octanol–water partition coefficient (Wildman–Crippen LogP) is 1.67. The van der Waals surface area contributed by atoms with Gasteiger partial charge in [-0.25, -0.2) is 4.57 Å². The summed E-state index contributed by atoms with van der Waals surface area (Å²) in [6, 6.07) is 10.2. The van der Waals surface area contributed by atoms with Gasteiger partial charge in [-0.15, -0.1) is 0 Å². The molecule has 0 saturated heterocycles. The molecule has 0 aliphatic carbocycles. The van der Waals surface area contributed by atoms with Gasteiger partial charge in [0.25, 0.3) is 0 Å². The summed E-state index contributed by atoms with van der Waals surface area (Å²) >= 11 is 0. The minimum Gasteiger partial charge on any atom is -0.497 e. The summed E-state index contributed by atoms with van der Waals surface area (Å²) in [7, 11) is 3.71. The number of fused-ring (bicyclic) bond motifs is 1. The molecule has 13 heavy (non-hydrogen) atoms. The summed E-state index contributed by atoms with van der Waals surface area (Å²) in [4.78, 5) is 0. The average Bonchev–Trinajstić information content (AvgIpc) is 2.18. The third kappa shape index (κ3) is 1.35. The van der Waals surface area contributed by atoms with Crippen LogP contribution < -0.4 is 9.30 Å². The Bertz CT molecular complexity index is 437. The van der Waals surface area contributed by atoms with Crippen LogP contribution in [-0.2, 0) is 7.05 Å².